The predicted octanol–water partition coefficient (Wildman–Crippen LogP) is 5.15. The van der Waals surface area contributed by atoms with E-state index >= 15 is 0 Å². The number of hydrogen-bond acceptors (Lipinski definition) is 3. The molecule has 0 atom stereocenters. The molecule has 0 fully saturated rings. The summed E-state index contributed by atoms with van der Waals surface area (Å²) in [6.45, 7) is 0.565. The van der Waals surface area contributed by atoms with E-state index in [1.165, 1.54) is 29.6 Å². The summed E-state index contributed by atoms with van der Waals surface area (Å²) in [5.41, 5.74) is 3.86. The average molecular weight is 330 g/mol. The summed E-state index contributed by atoms with van der Waals surface area (Å²) in [6.07, 6.45) is 7.82. The number of nitrogens with zero attached hydrogens (tertiary/aromatic N) is 1. The number of allylic oxidation sites excluding steroid dienone is 1. The quantitative estimate of drug-likeness (QED) is 0.760. The summed E-state index contributed by atoms with van der Waals surface area (Å²) in [4.78, 5) is 4.06. The average Bonchev–Trinajstić information content (AvgIpc) is 2.60. The molecule has 1 aromatic carbocycles. The molecule has 1 heterocycles. The second-order valence-electron chi connectivity index (χ2n) is 5.62. The fourth-order valence-electron chi connectivity index (χ4n) is 2.99. The smallest absolute Gasteiger partial charge is 0.139 e. The molecule has 3 rings (SSSR count). The maximum Gasteiger partial charge on any atom is 0.139 e. The lowest BCUT2D eigenvalue weighted by atomic mass is 9.87. The molecule has 1 aliphatic rings. The zero-order valence-corrected chi connectivity index (χ0v) is 14.0. The van der Waals surface area contributed by atoms with Crippen LogP contribution in [0.3, 0.4) is 0 Å². The van der Waals surface area contributed by atoms with Crippen molar-refractivity contribution >= 4 is 17.2 Å². The van der Waals surface area contributed by atoms with Gasteiger partial charge in [-0.15, -0.1) is 0 Å². The van der Waals surface area contributed by atoms with Gasteiger partial charge in [0.2, 0.25) is 0 Å². The van der Waals surface area contributed by atoms with Crippen molar-refractivity contribution in [3.63, 3.8) is 0 Å². The van der Waals surface area contributed by atoms with Crippen LogP contribution in [0.15, 0.2) is 48.3 Å². The Hall–Kier alpha value is -2.00. The maximum absolute atomic E-state index is 5.96. The Kier molecular flexibility index (Phi) is 5.19. The van der Waals surface area contributed by atoms with Crippen molar-refractivity contribution in [1.82, 2.24) is 4.98 Å². The van der Waals surface area contributed by atoms with Gasteiger partial charge in [0.25, 0.3) is 0 Å². The van der Waals surface area contributed by atoms with Crippen LogP contribution in [0.4, 0.5) is 0 Å². The highest BCUT2D eigenvalue weighted by atomic mass is 35.5. The summed E-state index contributed by atoms with van der Waals surface area (Å²) in [5.74, 6) is 1.63. The van der Waals surface area contributed by atoms with Crippen LogP contribution in [0.5, 0.6) is 11.5 Å². The first-order chi connectivity index (χ1) is 11.3. The van der Waals surface area contributed by atoms with Gasteiger partial charge in [-0.2, -0.15) is 0 Å². The first-order valence-electron chi connectivity index (χ1n) is 7.85. The molecule has 0 bridgehead atoms. The lowest BCUT2D eigenvalue weighted by Crippen LogP contribution is -2.09. The summed E-state index contributed by atoms with van der Waals surface area (Å²) in [6, 6.07) is 9.98. The SMILES string of the molecule is COc1ccccc1C1=C(COc2cncc(Cl)c2)CCCC1. The van der Waals surface area contributed by atoms with Gasteiger partial charge in [-0.25, -0.2) is 0 Å². The van der Waals surface area contributed by atoms with E-state index in [-0.39, 0.29) is 0 Å². The molecule has 23 heavy (non-hydrogen) atoms. The topological polar surface area (TPSA) is 31.4 Å². The Morgan fingerprint density at radius 3 is 2.78 bits per heavy atom. The van der Waals surface area contributed by atoms with E-state index in [9.17, 15) is 0 Å². The number of para-hydroxylation sites is 1. The van der Waals surface area contributed by atoms with Crippen molar-refractivity contribution in [2.24, 2.45) is 0 Å². The van der Waals surface area contributed by atoms with Gasteiger partial charge in [0, 0.05) is 17.8 Å². The van der Waals surface area contributed by atoms with Crippen molar-refractivity contribution in [2.45, 2.75) is 25.7 Å². The minimum atomic E-state index is 0.565. The monoisotopic (exact) mass is 329 g/mol. The molecule has 0 unspecified atom stereocenters. The molecule has 1 aromatic heterocycles. The number of halogens is 1. The summed E-state index contributed by atoms with van der Waals surface area (Å²) in [7, 11) is 1.72. The number of aromatic nitrogens is 1. The second-order valence-corrected chi connectivity index (χ2v) is 6.05. The highest BCUT2D eigenvalue weighted by molar-refractivity contribution is 6.30. The lowest BCUT2D eigenvalue weighted by molar-refractivity contribution is 0.343. The fraction of sp³-hybridized carbons (Fsp3) is 0.316. The Bertz CT molecular complexity index is 712. The number of methoxy groups -OCH3 is 1. The normalized spacial score (nSPS) is 14.7. The first-order valence-corrected chi connectivity index (χ1v) is 8.23. The van der Waals surface area contributed by atoms with Crippen LogP contribution < -0.4 is 9.47 Å². The Balaban J connectivity index is 1.86. The van der Waals surface area contributed by atoms with Gasteiger partial charge in [-0.05, 0) is 42.9 Å². The van der Waals surface area contributed by atoms with Crippen LogP contribution in [-0.2, 0) is 0 Å². The van der Waals surface area contributed by atoms with E-state index in [1.54, 1.807) is 25.6 Å². The van der Waals surface area contributed by atoms with E-state index in [2.05, 4.69) is 17.1 Å². The number of ether oxygens (including phenoxy) is 2. The van der Waals surface area contributed by atoms with E-state index in [4.69, 9.17) is 21.1 Å². The molecule has 0 spiro atoms. The predicted molar refractivity (Wildman–Crippen MR) is 93.1 cm³/mol. The number of rotatable bonds is 5. The minimum absolute atomic E-state index is 0.565. The van der Waals surface area contributed by atoms with Crippen molar-refractivity contribution in [2.75, 3.05) is 13.7 Å². The van der Waals surface area contributed by atoms with Gasteiger partial charge in [-0.1, -0.05) is 29.8 Å². The van der Waals surface area contributed by atoms with Crippen LogP contribution in [0.2, 0.25) is 5.02 Å². The summed E-state index contributed by atoms with van der Waals surface area (Å²) in [5, 5.41) is 0.588. The number of benzene rings is 1. The third kappa shape index (κ3) is 3.85. The van der Waals surface area contributed by atoms with Gasteiger partial charge in [0.1, 0.15) is 18.1 Å². The molecule has 3 nitrogen and oxygen atoms in total. The molecule has 0 aliphatic heterocycles. The highest BCUT2D eigenvalue weighted by Crippen LogP contribution is 2.37. The van der Waals surface area contributed by atoms with Gasteiger partial charge in [0.05, 0.1) is 18.3 Å². The van der Waals surface area contributed by atoms with Crippen LogP contribution >= 0.6 is 11.6 Å². The number of hydrogen-bond donors (Lipinski definition) is 0. The van der Waals surface area contributed by atoms with Gasteiger partial charge in [0.15, 0.2) is 0 Å². The van der Waals surface area contributed by atoms with Crippen molar-refractivity contribution in [3.8, 4) is 11.5 Å². The molecule has 1 aliphatic carbocycles. The molecular formula is C19H20ClNO2. The summed E-state index contributed by atoms with van der Waals surface area (Å²) >= 11 is 5.96. The van der Waals surface area contributed by atoms with Crippen molar-refractivity contribution < 1.29 is 9.47 Å². The molecule has 0 radical (unpaired) electrons. The third-order valence-electron chi connectivity index (χ3n) is 4.11. The zero-order valence-electron chi connectivity index (χ0n) is 13.2. The Morgan fingerprint density at radius 1 is 1.13 bits per heavy atom. The molecule has 2 aromatic rings. The van der Waals surface area contributed by atoms with Crippen LogP contribution in [0.25, 0.3) is 5.57 Å². The molecule has 0 N–H and O–H groups in total. The van der Waals surface area contributed by atoms with Crippen LogP contribution in [-0.4, -0.2) is 18.7 Å². The van der Waals surface area contributed by atoms with Gasteiger partial charge in [-0.3, -0.25) is 4.98 Å². The molecule has 0 saturated heterocycles. The second kappa shape index (κ2) is 7.51. The summed E-state index contributed by atoms with van der Waals surface area (Å²) < 4.78 is 11.4. The standard InChI is InChI=1S/C19H20ClNO2/c1-22-19-9-5-4-8-18(19)17-7-3-2-6-14(17)13-23-16-10-15(20)11-21-12-16/h4-5,8-12H,2-3,6-7,13H2,1H3. The molecule has 0 amide bonds. The van der Waals surface area contributed by atoms with E-state index < -0.39 is 0 Å². The highest BCUT2D eigenvalue weighted by Gasteiger charge is 2.17. The molecule has 4 heteroatoms. The van der Waals surface area contributed by atoms with Crippen LogP contribution in [0, 0.1) is 0 Å². The largest absolute Gasteiger partial charge is 0.496 e. The third-order valence-corrected chi connectivity index (χ3v) is 4.31. The van der Waals surface area contributed by atoms with Gasteiger partial charge < -0.3 is 9.47 Å². The first kappa shape index (κ1) is 15.9. The van der Waals surface area contributed by atoms with E-state index in [1.807, 2.05) is 12.1 Å². The Morgan fingerprint density at radius 2 is 1.96 bits per heavy atom. The fourth-order valence-corrected chi connectivity index (χ4v) is 3.15. The van der Waals surface area contributed by atoms with E-state index in [0.29, 0.717) is 17.4 Å². The van der Waals surface area contributed by atoms with Crippen LogP contribution in [0.1, 0.15) is 31.2 Å². The number of pyridine rings is 1. The Labute approximate surface area is 141 Å². The minimum Gasteiger partial charge on any atom is -0.496 e. The lowest BCUT2D eigenvalue weighted by Gasteiger charge is -2.22. The molecule has 0 saturated carbocycles. The molecule has 120 valence electrons. The van der Waals surface area contributed by atoms with Gasteiger partial charge >= 0.3 is 0 Å². The van der Waals surface area contributed by atoms with E-state index in [0.717, 1.165) is 18.6 Å². The maximum atomic E-state index is 5.96. The molecular weight excluding hydrogens is 310 g/mol. The van der Waals surface area contributed by atoms with Crippen molar-refractivity contribution in [1.29, 1.82) is 0 Å². The van der Waals surface area contributed by atoms with Crippen molar-refractivity contribution in [3.05, 3.63) is 58.9 Å². The zero-order chi connectivity index (χ0) is 16.1.